The number of hydrogen-bond acceptors (Lipinski definition) is 4. The van der Waals surface area contributed by atoms with E-state index >= 15 is 0 Å². The maximum atomic E-state index is 6.22. The first kappa shape index (κ1) is 12.8. The molecule has 5 heteroatoms. The van der Waals surface area contributed by atoms with Gasteiger partial charge in [0.25, 0.3) is 6.01 Å². The molecule has 1 aromatic heterocycles. The lowest BCUT2D eigenvalue weighted by atomic mass is 10.0. The van der Waals surface area contributed by atoms with Crippen molar-refractivity contribution in [3.05, 3.63) is 28.9 Å². The van der Waals surface area contributed by atoms with E-state index in [1.807, 2.05) is 26.0 Å². The number of rotatable bonds is 3. The number of aromatic nitrogens is 1. The lowest BCUT2D eigenvalue weighted by Gasteiger charge is -2.07. The minimum atomic E-state index is 0.153. The number of methoxy groups -OCH3 is 1. The molecular weight excluding hydrogens is 252 g/mol. The maximum absolute atomic E-state index is 6.22. The number of nitrogen functional groups attached to an aromatic ring is 1. The molecule has 0 unspecified atom stereocenters. The highest BCUT2D eigenvalue weighted by atomic mass is 35.5. The van der Waals surface area contributed by atoms with Crippen molar-refractivity contribution in [2.45, 2.75) is 19.8 Å². The van der Waals surface area contributed by atoms with E-state index in [1.165, 1.54) is 0 Å². The van der Waals surface area contributed by atoms with Crippen LogP contribution in [0.4, 0.5) is 6.01 Å². The summed E-state index contributed by atoms with van der Waals surface area (Å²) in [4.78, 5) is 4.19. The summed E-state index contributed by atoms with van der Waals surface area (Å²) in [5.74, 6) is 1.52. The molecule has 0 bridgehead atoms. The Hall–Kier alpha value is -1.68. The molecule has 0 aliphatic rings. The highest BCUT2D eigenvalue weighted by Gasteiger charge is 2.19. The minimum absolute atomic E-state index is 0.153. The number of halogens is 1. The number of nitrogens with zero attached hydrogens (tertiary/aromatic N) is 1. The van der Waals surface area contributed by atoms with Crippen LogP contribution in [0.5, 0.6) is 5.75 Å². The summed E-state index contributed by atoms with van der Waals surface area (Å²) in [5.41, 5.74) is 7.19. The van der Waals surface area contributed by atoms with Gasteiger partial charge in [0, 0.05) is 5.56 Å². The van der Waals surface area contributed by atoms with E-state index in [2.05, 4.69) is 4.98 Å². The van der Waals surface area contributed by atoms with Gasteiger partial charge in [-0.25, -0.2) is 0 Å². The number of oxazole rings is 1. The van der Waals surface area contributed by atoms with Crippen LogP contribution in [0.1, 0.15) is 25.5 Å². The summed E-state index contributed by atoms with van der Waals surface area (Å²) >= 11 is 6.22. The highest BCUT2D eigenvalue weighted by Crippen LogP contribution is 2.36. The first-order chi connectivity index (χ1) is 8.52. The second kappa shape index (κ2) is 4.90. The Kier molecular flexibility index (Phi) is 3.48. The molecule has 0 spiro atoms. The minimum Gasteiger partial charge on any atom is -0.497 e. The van der Waals surface area contributed by atoms with Crippen molar-refractivity contribution in [1.82, 2.24) is 4.98 Å². The van der Waals surface area contributed by atoms with E-state index < -0.39 is 0 Å². The quantitative estimate of drug-likeness (QED) is 0.920. The van der Waals surface area contributed by atoms with Crippen molar-refractivity contribution in [3.8, 4) is 17.1 Å². The summed E-state index contributed by atoms with van der Waals surface area (Å²) in [6.45, 7) is 4.05. The molecule has 0 aliphatic heterocycles. The van der Waals surface area contributed by atoms with Gasteiger partial charge >= 0.3 is 0 Å². The van der Waals surface area contributed by atoms with Crippen molar-refractivity contribution >= 4 is 17.6 Å². The molecule has 2 N–H and O–H groups in total. The molecule has 0 radical (unpaired) electrons. The topological polar surface area (TPSA) is 61.3 Å². The number of benzene rings is 1. The monoisotopic (exact) mass is 266 g/mol. The van der Waals surface area contributed by atoms with Gasteiger partial charge < -0.3 is 14.9 Å². The summed E-state index contributed by atoms with van der Waals surface area (Å²) in [7, 11) is 1.59. The van der Waals surface area contributed by atoms with Crippen molar-refractivity contribution in [1.29, 1.82) is 0 Å². The Morgan fingerprint density at radius 2 is 2.11 bits per heavy atom. The van der Waals surface area contributed by atoms with Crippen LogP contribution in [0.3, 0.4) is 0 Å². The van der Waals surface area contributed by atoms with Gasteiger partial charge in [0.05, 0.1) is 17.8 Å². The van der Waals surface area contributed by atoms with Gasteiger partial charge in [-0.05, 0) is 24.1 Å². The molecule has 96 valence electrons. The molecule has 0 fully saturated rings. The Balaban J connectivity index is 2.55. The van der Waals surface area contributed by atoms with Crippen molar-refractivity contribution < 1.29 is 9.15 Å². The number of nitrogens with two attached hydrogens (primary N) is 1. The molecule has 0 saturated carbocycles. The van der Waals surface area contributed by atoms with Crippen molar-refractivity contribution in [3.63, 3.8) is 0 Å². The smallest absolute Gasteiger partial charge is 0.292 e. The van der Waals surface area contributed by atoms with Crippen LogP contribution in [0.15, 0.2) is 22.6 Å². The predicted molar refractivity (Wildman–Crippen MR) is 72.0 cm³/mol. The van der Waals surface area contributed by atoms with Crippen molar-refractivity contribution in [2.24, 2.45) is 0 Å². The van der Waals surface area contributed by atoms with Gasteiger partial charge in [-0.3, -0.25) is 0 Å². The number of ether oxygens (including phenoxy) is 1. The number of hydrogen-bond donors (Lipinski definition) is 1. The second-order valence-corrected chi connectivity index (χ2v) is 4.67. The van der Waals surface area contributed by atoms with Gasteiger partial charge in [-0.2, -0.15) is 4.98 Å². The average Bonchev–Trinajstić information content (AvgIpc) is 2.71. The summed E-state index contributed by atoms with van der Waals surface area (Å²) in [6, 6.07) is 5.55. The van der Waals surface area contributed by atoms with Gasteiger partial charge in [-0.1, -0.05) is 25.4 Å². The van der Waals surface area contributed by atoms with Gasteiger partial charge in [0.2, 0.25) is 0 Å². The van der Waals surface area contributed by atoms with Gasteiger partial charge in [0.1, 0.15) is 5.75 Å². The van der Waals surface area contributed by atoms with Crippen LogP contribution >= 0.6 is 11.6 Å². The molecule has 18 heavy (non-hydrogen) atoms. The zero-order valence-electron chi connectivity index (χ0n) is 10.5. The third-order valence-corrected chi connectivity index (χ3v) is 2.95. The fourth-order valence-electron chi connectivity index (χ4n) is 1.74. The lowest BCUT2D eigenvalue weighted by molar-refractivity contribution is 0.415. The summed E-state index contributed by atoms with van der Waals surface area (Å²) in [5, 5.41) is 0.549. The zero-order chi connectivity index (χ0) is 13.3. The van der Waals surface area contributed by atoms with Crippen LogP contribution in [-0.2, 0) is 0 Å². The van der Waals surface area contributed by atoms with E-state index in [-0.39, 0.29) is 11.9 Å². The van der Waals surface area contributed by atoms with Gasteiger partial charge in [0.15, 0.2) is 5.76 Å². The van der Waals surface area contributed by atoms with E-state index in [9.17, 15) is 0 Å². The van der Waals surface area contributed by atoms with Crippen LogP contribution in [0, 0.1) is 0 Å². The molecule has 4 nitrogen and oxygen atoms in total. The first-order valence-corrected chi connectivity index (χ1v) is 6.00. The summed E-state index contributed by atoms with van der Waals surface area (Å²) < 4.78 is 10.6. The van der Waals surface area contributed by atoms with Crippen molar-refractivity contribution in [2.75, 3.05) is 12.8 Å². The van der Waals surface area contributed by atoms with E-state index in [0.717, 1.165) is 11.3 Å². The van der Waals surface area contributed by atoms with Crippen LogP contribution in [0.2, 0.25) is 5.02 Å². The maximum Gasteiger partial charge on any atom is 0.292 e. The molecule has 2 rings (SSSR count). The molecule has 0 aliphatic carbocycles. The zero-order valence-corrected chi connectivity index (χ0v) is 11.3. The first-order valence-electron chi connectivity index (χ1n) is 5.63. The molecular formula is C13H15ClN2O2. The fourth-order valence-corrected chi connectivity index (χ4v) is 2.00. The number of anilines is 1. The molecule has 2 aromatic rings. The largest absolute Gasteiger partial charge is 0.497 e. The third kappa shape index (κ3) is 2.29. The Morgan fingerprint density at radius 3 is 2.67 bits per heavy atom. The molecule has 1 aromatic carbocycles. The van der Waals surface area contributed by atoms with E-state index in [1.54, 1.807) is 13.2 Å². The standard InChI is InChI=1S/C13H15ClN2O2/c1-7(2)11-12(18-13(15)16-11)9-5-4-8(17-3)6-10(9)14/h4-7H,1-3H3,(H2,15,16). The highest BCUT2D eigenvalue weighted by molar-refractivity contribution is 6.33. The predicted octanol–water partition coefficient (Wildman–Crippen LogP) is 3.71. The molecule has 0 atom stereocenters. The lowest BCUT2D eigenvalue weighted by Crippen LogP contribution is -1.92. The van der Waals surface area contributed by atoms with E-state index in [0.29, 0.717) is 16.5 Å². The molecule has 0 amide bonds. The SMILES string of the molecule is COc1ccc(-c2oc(N)nc2C(C)C)c(Cl)c1. The molecule has 0 saturated heterocycles. The Labute approximate surface area is 111 Å². The second-order valence-electron chi connectivity index (χ2n) is 4.27. The van der Waals surface area contributed by atoms with Crippen LogP contribution in [-0.4, -0.2) is 12.1 Å². The average molecular weight is 267 g/mol. The Morgan fingerprint density at radius 1 is 1.39 bits per heavy atom. The Bertz CT molecular complexity index is 564. The summed E-state index contributed by atoms with van der Waals surface area (Å²) in [6.07, 6.45) is 0. The van der Waals surface area contributed by atoms with Crippen LogP contribution < -0.4 is 10.5 Å². The normalized spacial score (nSPS) is 10.9. The third-order valence-electron chi connectivity index (χ3n) is 2.64. The molecule has 1 heterocycles. The van der Waals surface area contributed by atoms with Gasteiger partial charge in [-0.15, -0.1) is 0 Å². The van der Waals surface area contributed by atoms with E-state index in [4.69, 9.17) is 26.5 Å². The van der Waals surface area contributed by atoms with Crippen LogP contribution in [0.25, 0.3) is 11.3 Å². The fraction of sp³-hybridized carbons (Fsp3) is 0.308.